The fourth-order valence-electron chi connectivity index (χ4n) is 7.66. The number of anilines is 2. The number of alkyl carbamates (subject to hydrolysis) is 1. The second kappa shape index (κ2) is 19.0. The van der Waals surface area contributed by atoms with Crippen molar-refractivity contribution in [1.82, 2.24) is 20.4 Å². The maximum atomic E-state index is 13.9. The standard InChI is InChI=1S/C46H58N6O8/c1-45(2,3)58-42(55)47-29-31-9-13-34(14-10-31)39(53)28-36(41(54)48-37-19-15-35(16-20-37)40-49-43(56)60-50-40)27-30-7-11-32(12-8-30)33-17-21-38(22-18-33)51-23-25-52(26-24-51)44(57)59-46(4,5)6/h7-8,11-12,15-22,31,34,36H,9-10,13-14,23-29H2,1-6H3,(H,47,55)(H,48,54)(H,49,50,56)/t31?,34?,36-/m1/s1. The quantitative estimate of drug-likeness (QED) is 0.128. The average molecular weight is 823 g/mol. The Balaban J connectivity index is 1.08. The Bertz CT molecular complexity index is 2130. The number of amides is 3. The van der Waals surface area contributed by atoms with Crippen LogP contribution in [0.5, 0.6) is 0 Å². The van der Waals surface area contributed by atoms with Crippen LogP contribution in [0.1, 0.15) is 79.2 Å². The average Bonchev–Trinajstić information content (AvgIpc) is 3.65. The molecule has 14 nitrogen and oxygen atoms in total. The van der Waals surface area contributed by atoms with Crippen LogP contribution in [0.2, 0.25) is 0 Å². The summed E-state index contributed by atoms with van der Waals surface area (Å²) in [7, 11) is 0. The largest absolute Gasteiger partial charge is 0.444 e. The Kier molecular flexibility index (Phi) is 13.8. The van der Waals surface area contributed by atoms with Crippen molar-refractivity contribution in [1.29, 1.82) is 0 Å². The number of ketones is 1. The molecule has 1 atom stereocenters. The van der Waals surface area contributed by atoms with Crippen molar-refractivity contribution in [2.75, 3.05) is 42.9 Å². The predicted octanol–water partition coefficient (Wildman–Crippen LogP) is 7.84. The molecule has 2 fully saturated rings. The van der Waals surface area contributed by atoms with Crippen molar-refractivity contribution in [3.05, 3.63) is 88.9 Å². The van der Waals surface area contributed by atoms with Crippen LogP contribution in [0.4, 0.5) is 21.0 Å². The number of hydrogen-bond donors (Lipinski definition) is 3. The number of nitrogens with zero attached hydrogens (tertiary/aromatic N) is 3. The van der Waals surface area contributed by atoms with Gasteiger partial charge < -0.3 is 29.9 Å². The zero-order valence-corrected chi connectivity index (χ0v) is 35.5. The molecule has 2 heterocycles. The van der Waals surface area contributed by atoms with E-state index in [9.17, 15) is 24.0 Å². The van der Waals surface area contributed by atoms with E-state index in [2.05, 4.69) is 54.5 Å². The van der Waals surface area contributed by atoms with E-state index in [-0.39, 0.29) is 41.9 Å². The van der Waals surface area contributed by atoms with Crippen LogP contribution in [0.3, 0.4) is 0 Å². The normalized spacial score (nSPS) is 17.7. The lowest BCUT2D eigenvalue weighted by atomic mass is 9.77. The van der Waals surface area contributed by atoms with Gasteiger partial charge in [0.25, 0.3) is 0 Å². The first-order chi connectivity index (χ1) is 28.5. The molecule has 3 aromatic carbocycles. The van der Waals surface area contributed by atoms with Crippen LogP contribution in [-0.4, -0.2) is 82.8 Å². The molecule has 1 saturated carbocycles. The van der Waals surface area contributed by atoms with Crippen LogP contribution in [0.25, 0.3) is 22.5 Å². The Morgan fingerprint density at radius 1 is 0.783 bits per heavy atom. The first-order valence-electron chi connectivity index (χ1n) is 20.9. The summed E-state index contributed by atoms with van der Waals surface area (Å²) in [4.78, 5) is 70.4. The second-order valence-electron chi connectivity index (χ2n) is 17.9. The van der Waals surface area contributed by atoms with E-state index >= 15 is 0 Å². The van der Waals surface area contributed by atoms with Crippen molar-refractivity contribution >= 4 is 35.3 Å². The van der Waals surface area contributed by atoms with Crippen LogP contribution < -0.4 is 21.3 Å². The van der Waals surface area contributed by atoms with Gasteiger partial charge in [0.2, 0.25) is 5.91 Å². The Hall–Kier alpha value is -5.92. The maximum absolute atomic E-state index is 13.9. The number of H-pyrrole nitrogens is 1. The van der Waals surface area contributed by atoms with Gasteiger partial charge in [0.1, 0.15) is 17.0 Å². The number of ether oxygens (including phenoxy) is 2. The SMILES string of the molecule is CC(C)(C)OC(=O)NCC1CCC(C(=O)C[C@@H](Cc2ccc(-c3ccc(N4CCN(C(=O)OC(C)(C)C)CC4)cc3)cc2)C(=O)Nc2ccc(-c3noc(=O)[nH]3)cc2)CC1. The number of aromatic nitrogens is 2. The molecule has 0 radical (unpaired) electrons. The highest BCUT2D eigenvalue weighted by Gasteiger charge is 2.31. The van der Waals surface area contributed by atoms with Crippen molar-refractivity contribution in [3.8, 4) is 22.5 Å². The molecule has 0 bridgehead atoms. The number of carbonyl (C=O) groups excluding carboxylic acids is 4. The fourth-order valence-corrected chi connectivity index (χ4v) is 7.66. The molecule has 0 unspecified atom stereocenters. The molecule has 1 saturated heterocycles. The third-order valence-corrected chi connectivity index (χ3v) is 10.9. The number of aromatic amines is 1. The third-order valence-electron chi connectivity index (χ3n) is 10.9. The van der Waals surface area contributed by atoms with Gasteiger partial charge >= 0.3 is 17.9 Å². The molecule has 14 heteroatoms. The molecular formula is C46H58N6O8. The summed E-state index contributed by atoms with van der Waals surface area (Å²) < 4.78 is 15.5. The first-order valence-corrected chi connectivity index (χ1v) is 20.9. The number of piperazine rings is 1. The summed E-state index contributed by atoms with van der Waals surface area (Å²) in [6.07, 6.45) is 2.78. The van der Waals surface area contributed by atoms with Crippen molar-refractivity contribution in [2.45, 2.75) is 91.3 Å². The molecular weight excluding hydrogens is 765 g/mol. The zero-order chi connectivity index (χ0) is 43.0. The Morgan fingerprint density at radius 2 is 1.37 bits per heavy atom. The molecule has 320 valence electrons. The molecule has 1 aromatic heterocycles. The molecule has 1 aliphatic carbocycles. The second-order valence-corrected chi connectivity index (χ2v) is 17.9. The topological polar surface area (TPSA) is 176 Å². The lowest BCUT2D eigenvalue weighted by Crippen LogP contribution is -2.50. The van der Waals surface area contributed by atoms with Crippen LogP contribution in [-0.2, 0) is 25.5 Å². The van der Waals surface area contributed by atoms with Gasteiger partial charge in [-0.3, -0.25) is 19.1 Å². The van der Waals surface area contributed by atoms with E-state index in [0.717, 1.165) is 48.3 Å². The zero-order valence-electron chi connectivity index (χ0n) is 35.5. The third kappa shape index (κ3) is 12.5. The van der Waals surface area contributed by atoms with Crippen LogP contribution >= 0.6 is 0 Å². The number of rotatable bonds is 12. The van der Waals surface area contributed by atoms with E-state index in [1.165, 1.54) is 0 Å². The number of hydrogen-bond acceptors (Lipinski definition) is 10. The summed E-state index contributed by atoms with van der Waals surface area (Å²) in [6, 6.07) is 23.4. The minimum absolute atomic E-state index is 0.0713. The lowest BCUT2D eigenvalue weighted by Gasteiger charge is -2.36. The summed E-state index contributed by atoms with van der Waals surface area (Å²) in [5.74, 6) is -1.07. The van der Waals surface area contributed by atoms with Gasteiger partial charge in [-0.2, -0.15) is 0 Å². The van der Waals surface area contributed by atoms with Crippen LogP contribution in [0.15, 0.2) is 82.1 Å². The van der Waals surface area contributed by atoms with Crippen molar-refractivity contribution in [3.63, 3.8) is 0 Å². The molecule has 3 amide bonds. The molecule has 4 aromatic rings. The fraction of sp³-hybridized carbons (Fsp3) is 0.478. The maximum Gasteiger partial charge on any atom is 0.439 e. The molecule has 6 rings (SSSR count). The van der Waals surface area contributed by atoms with Gasteiger partial charge in [-0.15, -0.1) is 0 Å². The first kappa shape index (κ1) is 43.7. The highest BCUT2D eigenvalue weighted by atomic mass is 16.6. The van der Waals surface area contributed by atoms with E-state index < -0.39 is 29.0 Å². The molecule has 0 spiro atoms. The van der Waals surface area contributed by atoms with E-state index in [1.807, 2.05) is 65.8 Å². The van der Waals surface area contributed by atoms with Gasteiger partial charge in [-0.1, -0.05) is 41.6 Å². The monoisotopic (exact) mass is 822 g/mol. The number of benzene rings is 3. The molecule has 60 heavy (non-hydrogen) atoms. The van der Waals surface area contributed by atoms with Crippen molar-refractivity contribution < 1.29 is 33.2 Å². The van der Waals surface area contributed by atoms with Gasteiger partial charge in [0.05, 0.1) is 0 Å². The Labute approximate surface area is 351 Å². The summed E-state index contributed by atoms with van der Waals surface area (Å²) >= 11 is 0. The minimum atomic E-state index is -0.657. The molecule has 3 N–H and O–H groups in total. The van der Waals surface area contributed by atoms with Crippen molar-refractivity contribution in [2.24, 2.45) is 17.8 Å². The summed E-state index contributed by atoms with van der Waals surface area (Å²) in [5.41, 5.74) is 4.19. The van der Waals surface area contributed by atoms with Gasteiger partial charge in [0.15, 0.2) is 5.82 Å². The van der Waals surface area contributed by atoms with E-state index in [1.54, 1.807) is 29.2 Å². The van der Waals surface area contributed by atoms with Gasteiger partial charge in [-0.25, -0.2) is 14.4 Å². The minimum Gasteiger partial charge on any atom is -0.444 e. The Morgan fingerprint density at radius 3 is 1.93 bits per heavy atom. The lowest BCUT2D eigenvalue weighted by molar-refractivity contribution is -0.129. The number of carbonyl (C=O) groups is 4. The van der Waals surface area contributed by atoms with E-state index in [4.69, 9.17) is 9.47 Å². The molecule has 2 aliphatic rings. The van der Waals surface area contributed by atoms with Crippen LogP contribution in [0, 0.1) is 17.8 Å². The molecule has 1 aliphatic heterocycles. The number of Topliss-reactive ketones (excluding diaryl/α,β-unsaturated/α-hetero) is 1. The summed E-state index contributed by atoms with van der Waals surface area (Å²) in [5, 5.41) is 9.59. The smallest absolute Gasteiger partial charge is 0.439 e. The predicted molar refractivity (Wildman–Crippen MR) is 230 cm³/mol. The summed E-state index contributed by atoms with van der Waals surface area (Å²) in [6.45, 7) is 14.2. The highest BCUT2D eigenvalue weighted by Crippen LogP contribution is 2.32. The number of nitrogens with one attached hydrogen (secondary N) is 3. The van der Waals surface area contributed by atoms with Gasteiger partial charge in [-0.05, 0) is 133 Å². The van der Waals surface area contributed by atoms with Gasteiger partial charge in [0, 0.05) is 67.9 Å². The van der Waals surface area contributed by atoms with E-state index in [0.29, 0.717) is 50.1 Å². The highest BCUT2D eigenvalue weighted by molar-refractivity contribution is 5.96.